The topological polar surface area (TPSA) is 63.2 Å². The molecule has 2 aromatic heterocycles. The number of pyridine rings is 1. The number of nitrogens with zero attached hydrogens (tertiary/aromatic N) is 4. The number of fused-ring (bicyclic) bond motifs is 2. The van der Waals surface area contributed by atoms with Crippen LogP contribution in [0.4, 0.5) is 14.5 Å². The van der Waals surface area contributed by atoms with Gasteiger partial charge in [-0.05, 0) is 43.0 Å². The van der Waals surface area contributed by atoms with Gasteiger partial charge in [0.15, 0.2) is 17.4 Å². The highest BCUT2D eigenvalue weighted by molar-refractivity contribution is 5.72. The third-order valence-corrected chi connectivity index (χ3v) is 6.81. The Morgan fingerprint density at radius 3 is 2.88 bits per heavy atom. The van der Waals surface area contributed by atoms with Gasteiger partial charge < -0.3 is 15.0 Å². The normalized spacial score (nSPS) is 17.7. The molecular weight excluding hydrogens is 424 g/mol. The second kappa shape index (κ2) is 8.33. The van der Waals surface area contributed by atoms with E-state index in [1.807, 2.05) is 6.07 Å². The molecule has 3 aromatic rings. The van der Waals surface area contributed by atoms with Crippen LogP contribution in [0.25, 0.3) is 11.3 Å². The van der Waals surface area contributed by atoms with Crippen molar-refractivity contribution >= 4 is 5.69 Å². The van der Waals surface area contributed by atoms with E-state index in [1.165, 1.54) is 18.1 Å². The van der Waals surface area contributed by atoms with Gasteiger partial charge in [0.2, 0.25) is 0 Å². The summed E-state index contributed by atoms with van der Waals surface area (Å²) in [6.45, 7) is 2.89. The van der Waals surface area contributed by atoms with Gasteiger partial charge in [-0.3, -0.25) is 4.98 Å². The molecule has 0 atom stereocenters. The van der Waals surface area contributed by atoms with Crippen molar-refractivity contribution < 1.29 is 13.5 Å². The lowest BCUT2D eigenvalue weighted by Gasteiger charge is -2.42. The second-order valence-electron chi connectivity index (χ2n) is 8.93. The molecule has 2 aliphatic heterocycles. The van der Waals surface area contributed by atoms with Crippen LogP contribution >= 0.6 is 0 Å². The van der Waals surface area contributed by atoms with E-state index < -0.39 is 11.6 Å². The molecule has 0 unspecified atom stereocenters. The Balaban J connectivity index is 1.34. The highest BCUT2D eigenvalue weighted by Gasteiger charge is 2.31. The van der Waals surface area contributed by atoms with Gasteiger partial charge in [0.25, 0.3) is 0 Å². The fourth-order valence-corrected chi connectivity index (χ4v) is 4.85. The SMILES string of the molecule is Fc1cnc(Cc2ccc3c(n2)CCNC3)nc1-c1cc(F)c2c(c1)N(C1CCC1)CCO2. The Labute approximate surface area is 191 Å². The van der Waals surface area contributed by atoms with Gasteiger partial charge in [0.05, 0.1) is 24.8 Å². The molecule has 0 amide bonds. The quantitative estimate of drug-likeness (QED) is 0.654. The minimum absolute atomic E-state index is 0.1000. The van der Waals surface area contributed by atoms with Crippen molar-refractivity contribution in [2.24, 2.45) is 0 Å². The smallest absolute Gasteiger partial charge is 0.178 e. The number of anilines is 1. The summed E-state index contributed by atoms with van der Waals surface area (Å²) in [7, 11) is 0. The van der Waals surface area contributed by atoms with Gasteiger partial charge >= 0.3 is 0 Å². The maximum Gasteiger partial charge on any atom is 0.178 e. The molecule has 1 N–H and O–H groups in total. The van der Waals surface area contributed by atoms with E-state index in [1.54, 1.807) is 6.07 Å². The third-order valence-electron chi connectivity index (χ3n) is 6.81. The summed E-state index contributed by atoms with van der Waals surface area (Å²) in [6.07, 6.45) is 5.78. The first-order chi connectivity index (χ1) is 16.2. The summed E-state index contributed by atoms with van der Waals surface area (Å²) >= 11 is 0. The van der Waals surface area contributed by atoms with Crippen molar-refractivity contribution in [1.29, 1.82) is 0 Å². The lowest BCUT2D eigenvalue weighted by atomic mass is 9.90. The van der Waals surface area contributed by atoms with Crippen molar-refractivity contribution in [2.45, 2.75) is 44.7 Å². The molecule has 1 fully saturated rings. The van der Waals surface area contributed by atoms with Crippen molar-refractivity contribution in [3.63, 3.8) is 0 Å². The summed E-state index contributed by atoms with van der Waals surface area (Å²) < 4.78 is 35.4. The highest BCUT2D eigenvalue weighted by atomic mass is 19.1. The number of hydrogen-bond acceptors (Lipinski definition) is 6. The second-order valence-corrected chi connectivity index (χ2v) is 8.93. The van der Waals surface area contributed by atoms with E-state index in [9.17, 15) is 8.78 Å². The van der Waals surface area contributed by atoms with Crippen LogP contribution in [0.1, 0.15) is 42.0 Å². The molecule has 1 aliphatic carbocycles. The van der Waals surface area contributed by atoms with Crippen molar-refractivity contribution in [3.8, 4) is 17.0 Å². The molecule has 33 heavy (non-hydrogen) atoms. The number of benzene rings is 1. The van der Waals surface area contributed by atoms with E-state index in [2.05, 4.69) is 26.3 Å². The van der Waals surface area contributed by atoms with E-state index in [0.29, 0.717) is 42.7 Å². The van der Waals surface area contributed by atoms with E-state index in [0.717, 1.165) is 49.9 Å². The van der Waals surface area contributed by atoms with Crippen LogP contribution in [0, 0.1) is 11.6 Å². The van der Waals surface area contributed by atoms with Crippen LogP contribution < -0.4 is 15.0 Å². The van der Waals surface area contributed by atoms with Crippen molar-refractivity contribution in [2.75, 3.05) is 24.6 Å². The fourth-order valence-electron chi connectivity index (χ4n) is 4.85. The Morgan fingerprint density at radius 1 is 1.12 bits per heavy atom. The van der Waals surface area contributed by atoms with Gasteiger partial charge in [-0.2, -0.15) is 0 Å². The molecule has 1 aromatic carbocycles. The fraction of sp³-hybridized carbons (Fsp3) is 0.400. The minimum atomic E-state index is -0.575. The van der Waals surface area contributed by atoms with Crippen LogP contribution in [-0.2, 0) is 19.4 Å². The summed E-state index contributed by atoms with van der Waals surface area (Å²) in [5.74, 6) is -0.358. The number of ether oxygens (including phenoxy) is 1. The number of nitrogens with one attached hydrogen (secondary N) is 1. The number of aromatic nitrogens is 3. The molecule has 170 valence electrons. The molecule has 6 nitrogen and oxygen atoms in total. The molecule has 8 heteroatoms. The molecule has 0 spiro atoms. The maximum atomic E-state index is 15.0. The predicted molar refractivity (Wildman–Crippen MR) is 120 cm³/mol. The molecule has 0 radical (unpaired) electrons. The average Bonchev–Trinajstić information content (AvgIpc) is 2.79. The first-order valence-electron chi connectivity index (χ1n) is 11.6. The van der Waals surface area contributed by atoms with Crippen molar-refractivity contribution in [3.05, 3.63) is 64.9 Å². The first-order valence-corrected chi connectivity index (χ1v) is 11.6. The molecule has 0 bridgehead atoms. The molecule has 0 saturated heterocycles. The molecule has 1 saturated carbocycles. The molecular formula is C25H25F2N5O. The van der Waals surface area contributed by atoms with Gasteiger partial charge in [-0.25, -0.2) is 18.7 Å². The van der Waals surface area contributed by atoms with Crippen LogP contribution in [-0.4, -0.2) is 40.7 Å². The molecule has 4 heterocycles. The zero-order valence-corrected chi connectivity index (χ0v) is 18.3. The average molecular weight is 450 g/mol. The van der Waals surface area contributed by atoms with Crippen LogP contribution in [0.3, 0.4) is 0 Å². The lowest BCUT2D eigenvalue weighted by Crippen LogP contribution is -2.44. The van der Waals surface area contributed by atoms with Crippen LogP contribution in [0.5, 0.6) is 5.75 Å². The van der Waals surface area contributed by atoms with Gasteiger partial charge in [-0.15, -0.1) is 0 Å². The maximum absolute atomic E-state index is 15.0. The zero-order chi connectivity index (χ0) is 22.4. The zero-order valence-electron chi connectivity index (χ0n) is 18.3. The van der Waals surface area contributed by atoms with E-state index in [-0.39, 0.29) is 11.4 Å². The van der Waals surface area contributed by atoms with Crippen molar-refractivity contribution in [1.82, 2.24) is 20.3 Å². The summed E-state index contributed by atoms with van der Waals surface area (Å²) in [4.78, 5) is 15.6. The largest absolute Gasteiger partial charge is 0.486 e. The Kier molecular flexibility index (Phi) is 5.17. The Bertz CT molecular complexity index is 1210. The number of hydrogen-bond donors (Lipinski definition) is 1. The van der Waals surface area contributed by atoms with E-state index in [4.69, 9.17) is 9.72 Å². The first kappa shape index (κ1) is 20.5. The Morgan fingerprint density at radius 2 is 2.03 bits per heavy atom. The minimum Gasteiger partial charge on any atom is -0.486 e. The summed E-state index contributed by atoms with van der Waals surface area (Å²) in [5, 5.41) is 3.34. The molecule has 6 rings (SSSR count). The van der Waals surface area contributed by atoms with E-state index >= 15 is 0 Å². The van der Waals surface area contributed by atoms with Gasteiger partial charge in [0.1, 0.15) is 18.1 Å². The summed E-state index contributed by atoms with van der Waals surface area (Å²) in [5.41, 5.74) is 4.31. The number of halogens is 2. The third kappa shape index (κ3) is 3.82. The van der Waals surface area contributed by atoms with Crippen LogP contribution in [0.15, 0.2) is 30.5 Å². The molecule has 3 aliphatic rings. The van der Waals surface area contributed by atoms with Gasteiger partial charge in [-0.1, -0.05) is 6.07 Å². The standard InChI is InChI=1S/C25H25F2N5O/c26-19-10-16(11-22-25(19)33-9-8-32(22)18-2-1-3-18)24-20(27)14-29-23(31-24)12-17-5-4-15-13-28-7-6-21(15)30-17/h4-5,10-11,14,18,28H,1-3,6-9,12-13H2. The summed E-state index contributed by atoms with van der Waals surface area (Å²) in [6, 6.07) is 7.53. The Hall–Kier alpha value is -3.13. The monoisotopic (exact) mass is 449 g/mol. The number of rotatable bonds is 4. The van der Waals surface area contributed by atoms with Crippen LogP contribution in [0.2, 0.25) is 0 Å². The highest BCUT2D eigenvalue weighted by Crippen LogP contribution is 2.42. The predicted octanol–water partition coefficient (Wildman–Crippen LogP) is 3.80. The van der Waals surface area contributed by atoms with Gasteiger partial charge in [0, 0.05) is 42.5 Å². The lowest BCUT2D eigenvalue weighted by molar-refractivity contribution is 0.268.